The van der Waals surface area contributed by atoms with Crippen LogP contribution in [0.5, 0.6) is 11.5 Å². The highest BCUT2D eigenvalue weighted by atomic mass is 16.5. The average molecular weight is 327 g/mol. The maximum absolute atomic E-state index is 11.3. The first-order valence-corrected chi connectivity index (χ1v) is 7.95. The first-order valence-electron chi connectivity index (χ1n) is 7.95. The number of ether oxygens (including phenoxy) is 2. The van der Waals surface area contributed by atoms with Crippen LogP contribution in [0.1, 0.15) is 5.56 Å². The third kappa shape index (κ3) is 3.93. The summed E-state index contributed by atoms with van der Waals surface area (Å²) in [6.07, 6.45) is -0.258. The normalized spacial score (nSPS) is 20.9. The molecule has 24 heavy (non-hydrogen) atoms. The zero-order chi connectivity index (χ0) is 16.9. The molecule has 1 fully saturated rings. The smallest absolute Gasteiger partial charge is 0.310 e. The molecule has 0 bridgehead atoms. The molecular formula is C19H21NO4. The van der Waals surface area contributed by atoms with Gasteiger partial charge >= 0.3 is 5.97 Å². The van der Waals surface area contributed by atoms with E-state index in [1.807, 2.05) is 54.6 Å². The Morgan fingerprint density at radius 1 is 1.12 bits per heavy atom. The highest BCUT2D eigenvalue weighted by Crippen LogP contribution is 2.25. The fraction of sp³-hybridized carbons (Fsp3) is 0.316. The molecule has 1 heterocycles. The number of carboxylic acids is 1. The number of aliphatic carboxylic acids is 1. The summed E-state index contributed by atoms with van der Waals surface area (Å²) in [7, 11) is 1.57. The number of carbonyl (C=O) groups is 1. The van der Waals surface area contributed by atoms with Gasteiger partial charge in [-0.3, -0.25) is 9.69 Å². The lowest BCUT2D eigenvalue weighted by molar-refractivity contribution is -0.144. The number of likely N-dealkylation sites (tertiary alicyclic amines) is 1. The SMILES string of the molecule is COC1CN(Cc2cccc(Oc3ccccc3)c2)CC1C(=O)O. The van der Waals surface area contributed by atoms with Gasteiger partial charge in [-0.1, -0.05) is 30.3 Å². The van der Waals surface area contributed by atoms with Crippen molar-refractivity contribution in [1.29, 1.82) is 0 Å². The van der Waals surface area contributed by atoms with Crippen molar-refractivity contribution in [2.45, 2.75) is 12.6 Å². The Morgan fingerprint density at radius 2 is 1.88 bits per heavy atom. The van der Waals surface area contributed by atoms with Crippen LogP contribution in [0.3, 0.4) is 0 Å². The average Bonchev–Trinajstić information content (AvgIpc) is 2.99. The van der Waals surface area contributed by atoms with Crippen LogP contribution in [0.2, 0.25) is 0 Å². The Labute approximate surface area is 141 Å². The molecular weight excluding hydrogens is 306 g/mol. The minimum absolute atomic E-state index is 0.258. The highest BCUT2D eigenvalue weighted by molar-refractivity contribution is 5.71. The monoisotopic (exact) mass is 327 g/mol. The predicted molar refractivity (Wildman–Crippen MR) is 90.2 cm³/mol. The lowest BCUT2D eigenvalue weighted by Gasteiger charge is -2.16. The Balaban J connectivity index is 1.66. The standard InChI is InChI=1S/C19H21NO4/c1-23-18-13-20(12-17(18)19(21)22)11-14-6-5-9-16(10-14)24-15-7-3-2-4-8-15/h2-10,17-18H,11-13H2,1H3,(H,21,22). The van der Waals surface area contributed by atoms with E-state index in [4.69, 9.17) is 9.47 Å². The molecule has 0 radical (unpaired) electrons. The third-order valence-electron chi connectivity index (χ3n) is 4.25. The van der Waals surface area contributed by atoms with Crippen molar-refractivity contribution in [2.24, 2.45) is 5.92 Å². The minimum Gasteiger partial charge on any atom is -0.481 e. The Bertz CT molecular complexity index is 689. The summed E-state index contributed by atoms with van der Waals surface area (Å²) >= 11 is 0. The summed E-state index contributed by atoms with van der Waals surface area (Å²) in [5.74, 6) is 0.293. The van der Waals surface area contributed by atoms with Crippen molar-refractivity contribution in [3.63, 3.8) is 0 Å². The van der Waals surface area contributed by atoms with Crippen LogP contribution >= 0.6 is 0 Å². The maximum Gasteiger partial charge on any atom is 0.310 e. The molecule has 2 aromatic rings. The molecule has 2 atom stereocenters. The number of hydrogen-bond donors (Lipinski definition) is 1. The first-order chi connectivity index (χ1) is 11.7. The van der Waals surface area contributed by atoms with Gasteiger partial charge in [-0.25, -0.2) is 0 Å². The molecule has 5 heteroatoms. The van der Waals surface area contributed by atoms with Gasteiger partial charge in [-0.15, -0.1) is 0 Å². The second-order valence-corrected chi connectivity index (χ2v) is 5.98. The zero-order valence-electron chi connectivity index (χ0n) is 13.6. The summed E-state index contributed by atoms with van der Waals surface area (Å²) in [5.41, 5.74) is 1.09. The predicted octanol–water partition coefficient (Wildman–Crippen LogP) is 3.01. The van der Waals surface area contributed by atoms with E-state index >= 15 is 0 Å². The molecule has 126 valence electrons. The number of methoxy groups -OCH3 is 1. The van der Waals surface area contributed by atoms with E-state index in [0.29, 0.717) is 19.6 Å². The summed E-state index contributed by atoms with van der Waals surface area (Å²) in [4.78, 5) is 13.4. The third-order valence-corrected chi connectivity index (χ3v) is 4.25. The van der Waals surface area contributed by atoms with Crippen molar-refractivity contribution in [3.8, 4) is 11.5 Å². The molecule has 0 spiro atoms. The Kier molecular flexibility index (Phi) is 5.13. The summed E-state index contributed by atoms with van der Waals surface area (Å²) < 4.78 is 11.2. The molecule has 1 saturated heterocycles. The van der Waals surface area contributed by atoms with E-state index in [1.165, 1.54) is 0 Å². The van der Waals surface area contributed by atoms with Crippen LogP contribution in [0.15, 0.2) is 54.6 Å². The fourth-order valence-electron chi connectivity index (χ4n) is 3.05. The highest BCUT2D eigenvalue weighted by Gasteiger charge is 2.37. The van der Waals surface area contributed by atoms with Gasteiger partial charge in [0.2, 0.25) is 0 Å². The van der Waals surface area contributed by atoms with E-state index < -0.39 is 11.9 Å². The Hall–Kier alpha value is -2.37. The van der Waals surface area contributed by atoms with Crippen molar-refractivity contribution < 1.29 is 19.4 Å². The molecule has 2 aromatic carbocycles. The maximum atomic E-state index is 11.3. The molecule has 0 saturated carbocycles. The van der Waals surface area contributed by atoms with Gasteiger partial charge in [0.25, 0.3) is 0 Å². The van der Waals surface area contributed by atoms with E-state index in [-0.39, 0.29) is 6.10 Å². The molecule has 2 unspecified atom stereocenters. The zero-order valence-corrected chi connectivity index (χ0v) is 13.6. The second kappa shape index (κ2) is 7.47. The first kappa shape index (κ1) is 16.5. The van der Waals surface area contributed by atoms with E-state index in [9.17, 15) is 9.90 Å². The van der Waals surface area contributed by atoms with Crippen molar-refractivity contribution >= 4 is 5.97 Å². The van der Waals surface area contributed by atoms with Crippen LogP contribution in [0.25, 0.3) is 0 Å². The van der Waals surface area contributed by atoms with Gasteiger partial charge in [0.05, 0.1) is 12.0 Å². The number of benzene rings is 2. The largest absolute Gasteiger partial charge is 0.481 e. The molecule has 0 aliphatic carbocycles. The number of hydrogen-bond acceptors (Lipinski definition) is 4. The summed E-state index contributed by atoms with van der Waals surface area (Å²) in [5, 5.41) is 9.28. The number of nitrogens with zero attached hydrogens (tertiary/aromatic N) is 1. The lowest BCUT2D eigenvalue weighted by atomic mass is 10.1. The van der Waals surface area contributed by atoms with Crippen LogP contribution in [0.4, 0.5) is 0 Å². The second-order valence-electron chi connectivity index (χ2n) is 5.98. The molecule has 0 amide bonds. The number of rotatable bonds is 6. The van der Waals surface area contributed by atoms with Crippen molar-refractivity contribution in [3.05, 3.63) is 60.2 Å². The van der Waals surface area contributed by atoms with Crippen molar-refractivity contribution in [1.82, 2.24) is 4.90 Å². The summed E-state index contributed by atoms with van der Waals surface area (Å²) in [6.45, 7) is 1.80. The van der Waals surface area contributed by atoms with Gasteiger partial charge in [0.15, 0.2) is 0 Å². The fourth-order valence-corrected chi connectivity index (χ4v) is 3.05. The molecule has 5 nitrogen and oxygen atoms in total. The topological polar surface area (TPSA) is 59.0 Å². The van der Waals surface area contributed by atoms with Crippen molar-refractivity contribution in [2.75, 3.05) is 20.2 Å². The lowest BCUT2D eigenvalue weighted by Crippen LogP contribution is -2.27. The summed E-state index contributed by atoms with van der Waals surface area (Å²) in [6, 6.07) is 17.5. The van der Waals surface area contributed by atoms with Gasteiger partial charge in [-0.05, 0) is 29.8 Å². The molecule has 1 aliphatic rings. The molecule has 1 aliphatic heterocycles. The van der Waals surface area contributed by atoms with E-state index in [0.717, 1.165) is 17.1 Å². The van der Waals surface area contributed by atoms with Gasteiger partial charge in [0.1, 0.15) is 11.5 Å². The van der Waals surface area contributed by atoms with Crippen LogP contribution < -0.4 is 4.74 Å². The van der Waals surface area contributed by atoms with Gasteiger partial charge < -0.3 is 14.6 Å². The van der Waals surface area contributed by atoms with Gasteiger partial charge in [0, 0.05) is 26.7 Å². The number of para-hydroxylation sites is 1. The van der Waals surface area contributed by atoms with Gasteiger partial charge in [-0.2, -0.15) is 0 Å². The van der Waals surface area contributed by atoms with E-state index in [2.05, 4.69) is 4.90 Å². The molecule has 0 aromatic heterocycles. The quantitative estimate of drug-likeness (QED) is 0.884. The van der Waals surface area contributed by atoms with Crippen LogP contribution in [-0.2, 0) is 16.1 Å². The molecule has 3 rings (SSSR count). The minimum atomic E-state index is -0.800. The molecule has 1 N–H and O–H groups in total. The van der Waals surface area contributed by atoms with E-state index in [1.54, 1.807) is 7.11 Å². The Morgan fingerprint density at radius 3 is 2.54 bits per heavy atom. The van der Waals surface area contributed by atoms with Crippen LogP contribution in [0, 0.1) is 5.92 Å². The van der Waals surface area contributed by atoms with Crippen LogP contribution in [-0.4, -0.2) is 42.3 Å². The number of carboxylic acid groups (broad SMARTS) is 1.